The molecule has 0 radical (unpaired) electrons. The van der Waals surface area contributed by atoms with Gasteiger partial charge >= 0.3 is 6.18 Å². The minimum absolute atomic E-state index is 0.255. The molecule has 0 saturated carbocycles. The number of nitrogens with two attached hydrogens (primary N) is 1. The van der Waals surface area contributed by atoms with Gasteiger partial charge < -0.3 is 5.73 Å². The van der Waals surface area contributed by atoms with Crippen LogP contribution in [0.2, 0.25) is 0 Å². The van der Waals surface area contributed by atoms with Crippen LogP contribution in [0.15, 0.2) is 4.99 Å². The van der Waals surface area contributed by atoms with Gasteiger partial charge in [0.1, 0.15) is 6.04 Å². The van der Waals surface area contributed by atoms with Crippen molar-refractivity contribution in [3.63, 3.8) is 0 Å². The van der Waals surface area contributed by atoms with Crippen LogP contribution in [-0.2, 0) is 4.79 Å². The fraction of sp³-hybridized carbons (Fsp3) is 0.600. The molecule has 4 nitrogen and oxygen atoms in total. The Kier molecular flexibility index (Phi) is 1.95. The van der Waals surface area contributed by atoms with Crippen LogP contribution >= 0.6 is 0 Å². The molecule has 7 heteroatoms. The van der Waals surface area contributed by atoms with Crippen molar-refractivity contribution in [2.75, 3.05) is 0 Å². The van der Waals surface area contributed by atoms with Crippen LogP contribution < -0.4 is 11.1 Å². The minimum atomic E-state index is -4.39. The quantitative estimate of drug-likeness (QED) is 0.585. The van der Waals surface area contributed by atoms with E-state index in [0.29, 0.717) is 0 Å². The zero-order valence-electron chi connectivity index (χ0n) is 5.85. The van der Waals surface area contributed by atoms with E-state index in [1.165, 1.54) is 0 Å². The van der Waals surface area contributed by atoms with Crippen LogP contribution in [0.4, 0.5) is 13.2 Å². The summed E-state index contributed by atoms with van der Waals surface area (Å²) in [6.07, 6.45) is -5.66. The Morgan fingerprint density at radius 2 is 2.17 bits per heavy atom. The maximum Gasteiger partial charge on any atom is 0.391 e. The van der Waals surface area contributed by atoms with Crippen LogP contribution in [0.25, 0.3) is 0 Å². The number of carbonyl (C=O) groups excluding carboxylic acids is 1. The van der Waals surface area contributed by atoms with Crippen LogP contribution in [0.1, 0.15) is 6.42 Å². The Balaban J connectivity index is 2.60. The molecule has 1 aliphatic rings. The molecule has 0 aromatic rings. The lowest BCUT2D eigenvalue weighted by atomic mass is 10.2. The van der Waals surface area contributed by atoms with Gasteiger partial charge in [-0.05, 0) is 0 Å². The fourth-order valence-electron chi connectivity index (χ4n) is 0.826. The minimum Gasteiger partial charge on any atom is -0.370 e. The molecule has 0 bridgehead atoms. The Hall–Kier alpha value is -1.27. The van der Waals surface area contributed by atoms with Crippen molar-refractivity contribution in [1.29, 1.82) is 0 Å². The maximum atomic E-state index is 11.7. The van der Waals surface area contributed by atoms with Gasteiger partial charge in [-0.1, -0.05) is 0 Å². The number of halogens is 3. The topological polar surface area (TPSA) is 67.5 Å². The van der Waals surface area contributed by atoms with Crippen LogP contribution in [0.3, 0.4) is 0 Å². The monoisotopic (exact) mass is 181 g/mol. The first-order valence-corrected chi connectivity index (χ1v) is 3.09. The first kappa shape index (κ1) is 8.82. The lowest BCUT2D eigenvalue weighted by Gasteiger charge is -2.07. The molecule has 0 fully saturated rings. The van der Waals surface area contributed by atoms with Gasteiger partial charge in [0.2, 0.25) is 0 Å². The van der Waals surface area contributed by atoms with Gasteiger partial charge in [-0.15, -0.1) is 0 Å². The van der Waals surface area contributed by atoms with Crippen molar-refractivity contribution in [2.45, 2.75) is 18.6 Å². The van der Waals surface area contributed by atoms with E-state index in [1.807, 2.05) is 5.32 Å². The zero-order valence-corrected chi connectivity index (χ0v) is 5.85. The van der Waals surface area contributed by atoms with Crippen molar-refractivity contribution in [3.05, 3.63) is 0 Å². The SMILES string of the molecule is NC1=NC(CC(F)(F)F)C(=O)N1. The Bertz CT molecular complexity index is 235. The van der Waals surface area contributed by atoms with Crippen molar-refractivity contribution >= 4 is 11.9 Å². The number of nitrogens with zero attached hydrogens (tertiary/aromatic N) is 1. The number of aliphatic imine (C=N–C) groups is 1. The molecule has 0 aromatic carbocycles. The van der Waals surface area contributed by atoms with E-state index in [4.69, 9.17) is 5.73 Å². The summed E-state index contributed by atoms with van der Waals surface area (Å²) in [5.41, 5.74) is 4.99. The molecule has 0 spiro atoms. The van der Waals surface area contributed by atoms with Gasteiger partial charge in [-0.3, -0.25) is 10.1 Å². The van der Waals surface area contributed by atoms with Gasteiger partial charge in [0, 0.05) is 0 Å². The number of rotatable bonds is 1. The van der Waals surface area contributed by atoms with Gasteiger partial charge in [0.05, 0.1) is 6.42 Å². The Labute approximate surface area is 65.6 Å². The zero-order chi connectivity index (χ0) is 9.35. The van der Waals surface area contributed by atoms with Gasteiger partial charge in [0.25, 0.3) is 5.91 Å². The molecule has 0 saturated heterocycles. The molecule has 0 aromatic heterocycles. The smallest absolute Gasteiger partial charge is 0.370 e. The third kappa shape index (κ3) is 2.11. The predicted octanol–water partition coefficient (Wildman–Crippen LogP) is -0.248. The van der Waals surface area contributed by atoms with Crippen molar-refractivity contribution in [3.8, 4) is 0 Å². The summed E-state index contributed by atoms with van der Waals surface area (Å²) in [6, 6.07) is -1.41. The molecule has 1 heterocycles. The lowest BCUT2D eigenvalue weighted by molar-refractivity contribution is -0.145. The van der Waals surface area contributed by atoms with Gasteiger partial charge in [-0.25, -0.2) is 4.99 Å². The molecule has 1 rings (SSSR count). The number of alkyl halides is 3. The summed E-state index contributed by atoms with van der Waals surface area (Å²) < 4.78 is 35.2. The van der Waals surface area contributed by atoms with E-state index in [9.17, 15) is 18.0 Å². The summed E-state index contributed by atoms with van der Waals surface area (Å²) in [7, 11) is 0. The molecular weight excluding hydrogens is 175 g/mol. The second-order valence-corrected chi connectivity index (χ2v) is 2.34. The second kappa shape index (κ2) is 2.65. The number of nitrogens with one attached hydrogen (secondary N) is 1. The molecule has 3 N–H and O–H groups in total. The van der Waals surface area contributed by atoms with Crippen LogP contribution in [0.5, 0.6) is 0 Å². The third-order valence-electron chi connectivity index (χ3n) is 1.27. The average Bonchev–Trinajstić information content (AvgIpc) is 2.06. The van der Waals surface area contributed by atoms with Crippen LogP contribution in [0, 0.1) is 0 Å². The standard InChI is InChI=1S/C5H6F3N3O/c6-5(7,8)1-2-3(12)11-4(9)10-2/h2H,1H2,(H3,9,10,11,12). The van der Waals surface area contributed by atoms with Crippen molar-refractivity contribution < 1.29 is 18.0 Å². The molecular formula is C5H6F3N3O. The second-order valence-electron chi connectivity index (χ2n) is 2.34. The highest BCUT2D eigenvalue weighted by atomic mass is 19.4. The van der Waals surface area contributed by atoms with Gasteiger partial charge in [0.15, 0.2) is 5.96 Å². The lowest BCUT2D eigenvalue weighted by Crippen LogP contribution is -2.34. The molecule has 68 valence electrons. The average molecular weight is 181 g/mol. The number of guanidine groups is 1. The molecule has 0 aliphatic carbocycles. The number of amides is 1. The van der Waals surface area contributed by atoms with E-state index in [2.05, 4.69) is 4.99 Å². The number of hydrogen-bond acceptors (Lipinski definition) is 3. The largest absolute Gasteiger partial charge is 0.391 e. The number of hydrogen-bond donors (Lipinski definition) is 2. The summed E-state index contributed by atoms with van der Waals surface area (Å²) in [5.74, 6) is -1.06. The normalized spacial score (nSPS) is 23.8. The molecule has 12 heavy (non-hydrogen) atoms. The maximum absolute atomic E-state index is 11.7. The highest BCUT2D eigenvalue weighted by Crippen LogP contribution is 2.23. The molecule has 1 atom stereocenters. The van der Waals surface area contributed by atoms with Gasteiger partial charge in [-0.2, -0.15) is 13.2 Å². The summed E-state index contributed by atoms with van der Waals surface area (Å²) in [6.45, 7) is 0. The fourth-order valence-corrected chi connectivity index (χ4v) is 0.826. The third-order valence-corrected chi connectivity index (χ3v) is 1.27. The summed E-state index contributed by atoms with van der Waals surface area (Å²) in [4.78, 5) is 13.9. The van der Waals surface area contributed by atoms with E-state index < -0.39 is 24.5 Å². The first-order chi connectivity index (χ1) is 5.38. The predicted molar refractivity (Wildman–Crippen MR) is 34.2 cm³/mol. The Morgan fingerprint density at radius 1 is 1.58 bits per heavy atom. The van der Waals surface area contributed by atoms with E-state index in [-0.39, 0.29) is 5.96 Å². The van der Waals surface area contributed by atoms with Crippen molar-refractivity contribution in [2.24, 2.45) is 10.7 Å². The molecule has 1 amide bonds. The van der Waals surface area contributed by atoms with E-state index in [0.717, 1.165) is 0 Å². The van der Waals surface area contributed by atoms with E-state index >= 15 is 0 Å². The number of carbonyl (C=O) groups is 1. The highest BCUT2D eigenvalue weighted by Gasteiger charge is 2.37. The molecule has 1 aliphatic heterocycles. The van der Waals surface area contributed by atoms with Crippen molar-refractivity contribution in [1.82, 2.24) is 5.32 Å². The summed E-state index contributed by atoms with van der Waals surface area (Å²) >= 11 is 0. The highest BCUT2D eigenvalue weighted by molar-refractivity contribution is 6.04. The molecule has 1 unspecified atom stereocenters. The van der Waals surface area contributed by atoms with Crippen LogP contribution in [-0.4, -0.2) is 24.1 Å². The Morgan fingerprint density at radius 3 is 2.50 bits per heavy atom. The first-order valence-electron chi connectivity index (χ1n) is 3.09. The van der Waals surface area contributed by atoms with E-state index in [1.54, 1.807) is 0 Å². The summed E-state index contributed by atoms with van der Waals surface area (Å²) in [5, 5.41) is 1.98.